The molecule has 0 unspecified atom stereocenters. The van der Waals surface area contributed by atoms with Gasteiger partial charge < -0.3 is 9.32 Å². The monoisotopic (exact) mass is 249 g/mol. The van der Waals surface area contributed by atoms with Gasteiger partial charge in [-0.2, -0.15) is 0 Å². The van der Waals surface area contributed by atoms with Crippen LogP contribution < -0.4 is 0 Å². The van der Waals surface area contributed by atoms with Gasteiger partial charge in [0.15, 0.2) is 5.76 Å². The van der Waals surface area contributed by atoms with E-state index in [2.05, 4.69) is 0 Å². The molecule has 4 heteroatoms. The molecule has 96 valence electrons. The van der Waals surface area contributed by atoms with E-state index in [0.29, 0.717) is 16.5 Å². The maximum absolute atomic E-state index is 14.2. The predicted molar refractivity (Wildman–Crippen MR) is 68.3 cm³/mol. The van der Waals surface area contributed by atoms with E-state index in [1.165, 1.54) is 11.0 Å². The van der Waals surface area contributed by atoms with Gasteiger partial charge in [0.2, 0.25) is 0 Å². The smallest absolute Gasteiger partial charge is 0.289 e. The Kier molecular flexibility index (Phi) is 3.11. The van der Waals surface area contributed by atoms with E-state index in [1.807, 2.05) is 13.8 Å². The van der Waals surface area contributed by atoms with E-state index in [9.17, 15) is 9.18 Å². The molecule has 2 aromatic rings. The van der Waals surface area contributed by atoms with Crippen LogP contribution in [0, 0.1) is 5.82 Å². The van der Waals surface area contributed by atoms with Crippen LogP contribution in [0.25, 0.3) is 11.0 Å². The molecule has 0 bridgehead atoms. The highest BCUT2D eigenvalue weighted by Gasteiger charge is 2.18. The Morgan fingerprint density at radius 2 is 2.00 bits per heavy atom. The molecule has 0 N–H and O–H groups in total. The lowest BCUT2D eigenvalue weighted by Crippen LogP contribution is -2.20. The quantitative estimate of drug-likeness (QED) is 0.817. The summed E-state index contributed by atoms with van der Waals surface area (Å²) in [7, 11) is 3.26. The molecule has 0 radical (unpaired) electrons. The molecule has 1 amide bonds. The van der Waals surface area contributed by atoms with Gasteiger partial charge in [-0.15, -0.1) is 0 Å². The summed E-state index contributed by atoms with van der Waals surface area (Å²) in [4.78, 5) is 13.2. The van der Waals surface area contributed by atoms with Crippen LogP contribution in [0.4, 0.5) is 4.39 Å². The van der Waals surface area contributed by atoms with Crippen molar-refractivity contribution < 1.29 is 13.6 Å². The fraction of sp³-hybridized carbons (Fsp3) is 0.357. The Balaban J connectivity index is 2.59. The van der Waals surface area contributed by atoms with E-state index >= 15 is 0 Å². The van der Waals surface area contributed by atoms with Gasteiger partial charge in [-0.05, 0) is 17.5 Å². The van der Waals surface area contributed by atoms with E-state index < -0.39 is 0 Å². The van der Waals surface area contributed by atoms with Gasteiger partial charge in [-0.1, -0.05) is 19.9 Å². The zero-order valence-electron chi connectivity index (χ0n) is 11.0. The van der Waals surface area contributed by atoms with E-state index in [-0.39, 0.29) is 23.4 Å². The van der Waals surface area contributed by atoms with Gasteiger partial charge in [0.1, 0.15) is 11.4 Å². The van der Waals surface area contributed by atoms with Gasteiger partial charge in [-0.3, -0.25) is 4.79 Å². The average molecular weight is 249 g/mol. The summed E-state index contributed by atoms with van der Waals surface area (Å²) in [5, 5.41) is 0.367. The lowest BCUT2D eigenvalue weighted by Gasteiger charge is -2.06. The van der Waals surface area contributed by atoms with Crippen molar-refractivity contribution in [2.24, 2.45) is 0 Å². The van der Waals surface area contributed by atoms with Crippen molar-refractivity contribution in [1.29, 1.82) is 0 Å². The lowest BCUT2D eigenvalue weighted by atomic mass is 10.0. The number of fused-ring (bicyclic) bond motifs is 1. The maximum atomic E-state index is 14.2. The standard InChI is InChI=1S/C14H16FNO2/c1-8(2)9-5-6-11-10(13(9)15)7-12(18-11)14(17)16(3)4/h5-8H,1-4H3. The zero-order chi connectivity index (χ0) is 13.4. The molecule has 0 aliphatic rings. The number of rotatable bonds is 2. The van der Waals surface area contributed by atoms with Crippen LogP contribution >= 0.6 is 0 Å². The topological polar surface area (TPSA) is 33.5 Å². The molecule has 0 saturated heterocycles. The summed E-state index contributed by atoms with van der Waals surface area (Å²) in [6.07, 6.45) is 0. The number of carbonyl (C=O) groups excluding carboxylic acids is 1. The molecule has 3 nitrogen and oxygen atoms in total. The van der Waals surface area contributed by atoms with Crippen molar-refractivity contribution in [2.45, 2.75) is 19.8 Å². The Hall–Kier alpha value is -1.84. The highest BCUT2D eigenvalue weighted by Crippen LogP contribution is 2.28. The van der Waals surface area contributed by atoms with E-state index in [1.54, 1.807) is 26.2 Å². The molecule has 1 heterocycles. The minimum absolute atomic E-state index is 0.0947. The van der Waals surface area contributed by atoms with Crippen LogP contribution in [0.5, 0.6) is 0 Å². The number of nitrogens with zero attached hydrogens (tertiary/aromatic N) is 1. The van der Waals surface area contributed by atoms with Gasteiger partial charge in [0.05, 0.1) is 5.39 Å². The molecule has 0 aliphatic carbocycles. The predicted octanol–water partition coefficient (Wildman–Crippen LogP) is 3.40. The van der Waals surface area contributed by atoms with Crippen molar-refractivity contribution in [3.05, 3.63) is 35.3 Å². The van der Waals surface area contributed by atoms with Crippen molar-refractivity contribution in [3.8, 4) is 0 Å². The number of hydrogen-bond acceptors (Lipinski definition) is 2. The second-order valence-electron chi connectivity index (χ2n) is 4.85. The van der Waals surface area contributed by atoms with Gasteiger partial charge in [-0.25, -0.2) is 4.39 Å². The second-order valence-corrected chi connectivity index (χ2v) is 4.85. The van der Waals surface area contributed by atoms with Gasteiger partial charge >= 0.3 is 0 Å². The summed E-state index contributed by atoms with van der Waals surface area (Å²) in [5.41, 5.74) is 1.04. The fourth-order valence-corrected chi connectivity index (χ4v) is 1.87. The third kappa shape index (κ3) is 1.98. The van der Waals surface area contributed by atoms with Crippen molar-refractivity contribution in [1.82, 2.24) is 4.90 Å². The first-order chi connectivity index (χ1) is 8.41. The highest BCUT2D eigenvalue weighted by molar-refractivity contribution is 5.96. The van der Waals surface area contributed by atoms with Crippen molar-refractivity contribution in [2.75, 3.05) is 14.1 Å². The molecule has 1 aromatic carbocycles. The summed E-state index contributed by atoms with van der Waals surface area (Å²) in [6, 6.07) is 4.88. The van der Waals surface area contributed by atoms with Crippen LogP contribution in [0.3, 0.4) is 0 Å². The Morgan fingerprint density at radius 3 is 2.56 bits per heavy atom. The number of furan rings is 1. The highest BCUT2D eigenvalue weighted by atomic mass is 19.1. The van der Waals surface area contributed by atoms with Crippen molar-refractivity contribution in [3.63, 3.8) is 0 Å². The van der Waals surface area contributed by atoms with Gasteiger partial charge in [0, 0.05) is 20.2 Å². The molecule has 0 saturated carbocycles. The second kappa shape index (κ2) is 4.44. The Morgan fingerprint density at radius 1 is 1.33 bits per heavy atom. The molecule has 0 atom stereocenters. The van der Waals surface area contributed by atoms with Crippen LogP contribution in [0.1, 0.15) is 35.9 Å². The average Bonchev–Trinajstić information content (AvgIpc) is 2.72. The molecule has 18 heavy (non-hydrogen) atoms. The molecule has 0 spiro atoms. The molecular weight excluding hydrogens is 233 g/mol. The Labute approximate surface area is 105 Å². The summed E-state index contributed by atoms with van der Waals surface area (Å²) in [5.74, 6) is -0.312. The van der Waals surface area contributed by atoms with Crippen LogP contribution in [-0.4, -0.2) is 24.9 Å². The van der Waals surface area contributed by atoms with E-state index in [4.69, 9.17) is 4.42 Å². The molecule has 0 fully saturated rings. The minimum Gasteiger partial charge on any atom is -0.451 e. The number of benzene rings is 1. The van der Waals surface area contributed by atoms with Crippen LogP contribution in [0.2, 0.25) is 0 Å². The normalized spacial score (nSPS) is 11.2. The summed E-state index contributed by atoms with van der Waals surface area (Å²) >= 11 is 0. The first-order valence-electron chi connectivity index (χ1n) is 5.85. The minimum atomic E-state index is -0.302. The summed E-state index contributed by atoms with van der Waals surface area (Å²) in [6.45, 7) is 3.85. The van der Waals surface area contributed by atoms with Crippen molar-refractivity contribution >= 4 is 16.9 Å². The third-order valence-corrected chi connectivity index (χ3v) is 2.90. The zero-order valence-corrected chi connectivity index (χ0v) is 11.0. The number of amides is 1. The molecule has 1 aromatic heterocycles. The SMILES string of the molecule is CC(C)c1ccc2oc(C(=O)N(C)C)cc2c1F. The first-order valence-corrected chi connectivity index (χ1v) is 5.85. The maximum Gasteiger partial charge on any atom is 0.289 e. The van der Waals surface area contributed by atoms with Crippen LogP contribution in [-0.2, 0) is 0 Å². The molecule has 2 rings (SSSR count). The third-order valence-electron chi connectivity index (χ3n) is 2.90. The number of halogens is 1. The van der Waals surface area contributed by atoms with E-state index in [0.717, 1.165) is 0 Å². The summed E-state index contributed by atoms with van der Waals surface area (Å²) < 4.78 is 19.6. The first kappa shape index (κ1) is 12.6. The molecular formula is C14H16FNO2. The number of hydrogen-bond donors (Lipinski definition) is 0. The fourth-order valence-electron chi connectivity index (χ4n) is 1.87. The molecule has 0 aliphatic heterocycles. The lowest BCUT2D eigenvalue weighted by molar-refractivity contribution is 0.0799. The number of carbonyl (C=O) groups is 1. The largest absolute Gasteiger partial charge is 0.451 e. The Bertz CT molecular complexity index is 599. The van der Waals surface area contributed by atoms with Crippen LogP contribution in [0.15, 0.2) is 22.6 Å². The van der Waals surface area contributed by atoms with Gasteiger partial charge in [0.25, 0.3) is 5.91 Å².